The zero-order valence-corrected chi connectivity index (χ0v) is 12.6. The van der Waals surface area contributed by atoms with Crippen LogP contribution in [0, 0.1) is 5.82 Å². The van der Waals surface area contributed by atoms with E-state index in [1.165, 1.54) is 30.5 Å². The fourth-order valence-electron chi connectivity index (χ4n) is 2.34. The average Bonchev–Trinajstić information content (AvgIpc) is 2.62. The van der Waals surface area contributed by atoms with E-state index in [0.29, 0.717) is 5.56 Å². The first kappa shape index (κ1) is 15.6. The number of aromatic nitrogens is 2. The van der Waals surface area contributed by atoms with Crippen LogP contribution in [0.1, 0.15) is 27.5 Å². The van der Waals surface area contributed by atoms with Gasteiger partial charge in [0.05, 0.1) is 11.6 Å². The van der Waals surface area contributed by atoms with Crippen molar-refractivity contribution in [1.29, 1.82) is 0 Å². The van der Waals surface area contributed by atoms with Crippen LogP contribution in [-0.2, 0) is 0 Å². The molecule has 24 heavy (non-hydrogen) atoms. The van der Waals surface area contributed by atoms with E-state index in [-0.39, 0.29) is 17.3 Å². The maximum Gasteiger partial charge on any atom is 0.253 e. The molecule has 3 rings (SSSR count). The van der Waals surface area contributed by atoms with E-state index in [1.54, 1.807) is 36.7 Å². The molecule has 5 nitrogen and oxygen atoms in total. The van der Waals surface area contributed by atoms with Gasteiger partial charge in [-0.2, -0.15) is 0 Å². The van der Waals surface area contributed by atoms with Gasteiger partial charge >= 0.3 is 0 Å². The number of aromatic amines is 1. The summed E-state index contributed by atoms with van der Waals surface area (Å²) in [5.41, 5.74) is 1.60. The van der Waals surface area contributed by atoms with E-state index < -0.39 is 6.04 Å². The monoisotopic (exact) mass is 323 g/mol. The molecule has 1 amide bonds. The third-order valence-corrected chi connectivity index (χ3v) is 3.56. The van der Waals surface area contributed by atoms with Gasteiger partial charge in [0, 0.05) is 24.7 Å². The van der Waals surface area contributed by atoms with Gasteiger partial charge in [-0.05, 0) is 41.5 Å². The third kappa shape index (κ3) is 3.55. The molecule has 0 aliphatic carbocycles. The number of carbonyl (C=O) groups is 1. The summed E-state index contributed by atoms with van der Waals surface area (Å²) in [7, 11) is 0. The highest BCUT2D eigenvalue weighted by Crippen LogP contribution is 2.22. The molecule has 120 valence electrons. The number of carbonyl (C=O) groups excluding carboxylic acids is 1. The molecule has 0 fully saturated rings. The Balaban J connectivity index is 1.93. The van der Waals surface area contributed by atoms with E-state index in [1.807, 2.05) is 0 Å². The van der Waals surface area contributed by atoms with Gasteiger partial charge in [-0.1, -0.05) is 12.1 Å². The number of hydrogen-bond acceptors (Lipinski definition) is 3. The Kier molecular flexibility index (Phi) is 4.47. The van der Waals surface area contributed by atoms with E-state index in [9.17, 15) is 14.0 Å². The Hall–Kier alpha value is -3.28. The van der Waals surface area contributed by atoms with Gasteiger partial charge in [-0.15, -0.1) is 0 Å². The third-order valence-electron chi connectivity index (χ3n) is 3.56. The minimum atomic E-state index is -0.465. The topological polar surface area (TPSA) is 74.8 Å². The summed E-state index contributed by atoms with van der Waals surface area (Å²) < 4.78 is 13.2. The smallest absolute Gasteiger partial charge is 0.253 e. The molecule has 1 aromatic carbocycles. The maximum atomic E-state index is 13.2. The zero-order valence-electron chi connectivity index (χ0n) is 12.6. The molecule has 3 aromatic rings. The van der Waals surface area contributed by atoms with Crippen molar-refractivity contribution >= 4 is 5.91 Å². The van der Waals surface area contributed by atoms with Crippen molar-refractivity contribution in [3.05, 3.63) is 100.0 Å². The fourth-order valence-corrected chi connectivity index (χ4v) is 2.34. The summed E-state index contributed by atoms with van der Waals surface area (Å²) in [6, 6.07) is 11.7. The Labute approximate surface area is 137 Å². The molecule has 0 aliphatic heterocycles. The van der Waals surface area contributed by atoms with Crippen LogP contribution in [0.2, 0.25) is 0 Å². The lowest BCUT2D eigenvalue weighted by atomic mass is 9.99. The predicted octanol–water partition coefficient (Wildman–Crippen LogP) is 2.43. The van der Waals surface area contributed by atoms with Crippen LogP contribution in [0.4, 0.5) is 4.39 Å². The second-order valence-electron chi connectivity index (χ2n) is 5.18. The first-order valence-corrected chi connectivity index (χ1v) is 7.28. The first-order valence-electron chi connectivity index (χ1n) is 7.28. The number of H-pyrrole nitrogens is 1. The van der Waals surface area contributed by atoms with Crippen molar-refractivity contribution in [1.82, 2.24) is 15.3 Å². The average molecular weight is 323 g/mol. The number of hydrogen-bond donors (Lipinski definition) is 2. The van der Waals surface area contributed by atoms with Crippen molar-refractivity contribution in [3.8, 4) is 0 Å². The van der Waals surface area contributed by atoms with Gasteiger partial charge in [-0.25, -0.2) is 4.39 Å². The van der Waals surface area contributed by atoms with E-state index in [2.05, 4.69) is 15.3 Å². The van der Waals surface area contributed by atoms with Crippen LogP contribution < -0.4 is 10.9 Å². The minimum Gasteiger partial charge on any atom is -0.341 e. The molecule has 2 N–H and O–H groups in total. The highest BCUT2D eigenvalue weighted by atomic mass is 19.1. The van der Waals surface area contributed by atoms with Crippen molar-refractivity contribution in [3.63, 3.8) is 0 Å². The van der Waals surface area contributed by atoms with E-state index >= 15 is 0 Å². The van der Waals surface area contributed by atoms with Gasteiger partial charge in [0.2, 0.25) is 5.56 Å². The molecule has 0 spiro atoms. The molecular formula is C18H14FN3O2. The standard InChI is InChI=1S/C18H14FN3O2/c19-15-4-1-12(2-5-15)17(13-7-9-20-10-8-13)22-18(24)14-3-6-16(23)21-11-14/h1-11,17H,(H,21,23)(H,22,24). The number of rotatable bonds is 4. The van der Waals surface area contributed by atoms with Crippen LogP contribution in [-0.4, -0.2) is 15.9 Å². The van der Waals surface area contributed by atoms with Gasteiger partial charge in [-0.3, -0.25) is 14.6 Å². The van der Waals surface area contributed by atoms with Crippen LogP contribution in [0.25, 0.3) is 0 Å². The molecule has 0 saturated carbocycles. The quantitative estimate of drug-likeness (QED) is 0.774. The Morgan fingerprint density at radius 1 is 1.00 bits per heavy atom. The molecule has 0 radical (unpaired) electrons. The summed E-state index contributed by atoms with van der Waals surface area (Å²) in [6.45, 7) is 0. The molecule has 1 atom stereocenters. The number of nitrogens with one attached hydrogen (secondary N) is 2. The number of nitrogens with zero attached hydrogens (tertiary/aromatic N) is 1. The van der Waals surface area contributed by atoms with Crippen molar-refractivity contribution < 1.29 is 9.18 Å². The number of pyridine rings is 2. The Morgan fingerprint density at radius 3 is 2.29 bits per heavy atom. The van der Waals surface area contributed by atoms with Crippen molar-refractivity contribution in [2.45, 2.75) is 6.04 Å². The number of amides is 1. The lowest BCUT2D eigenvalue weighted by Gasteiger charge is -2.19. The van der Waals surface area contributed by atoms with Crippen LogP contribution in [0.3, 0.4) is 0 Å². The summed E-state index contributed by atoms with van der Waals surface area (Å²) in [5, 5.41) is 2.89. The Bertz CT molecular complexity index is 872. The highest BCUT2D eigenvalue weighted by molar-refractivity contribution is 5.94. The molecule has 2 heterocycles. The van der Waals surface area contributed by atoms with Crippen molar-refractivity contribution in [2.75, 3.05) is 0 Å². The first-order chi connectivity index (χ1) is 11.6. The minimum absolute atomic E-state index is 0.282. The lowest BCUT2D eigenvalue weighted by Crippen LogP contribution is -2.29. The highest BCUT2D eigenvalue weighted by Gasteiger charge is 2.18. The molecule has 1 unspecified atom stereocenters. The van der Waals surface area contributed by atoms with Crippen LogP contribution >= 0.6 is 0 Å². The zero-order chi connectivity index (χ0) is 16.9. The van der Waals surface area contributed by atoms with E-state index in [0.717, 1.165) is 11.1 Å². The molecule has 2 aromatic heterocycles. The van der Waals surface area contributed by atoms with Gasteiger partial charge in [0.1, 0.15) is 5.82 Å². The van der Waals surface area contributed by atoms with Crippen LogP contribution in [0.5, 0.6) is 0 Å². The molecule has 0 bridgehead atoms. The largest absolute Gasteiger partial charge is 0.341 e. The second kappa shape index (κ2) is 6.87. The second-order valence-corrected chi connectivity index (χ2v) is 5.18. The lowest BCUT2D eigenvalue weighted by molar-refractivity contribution is 0.0942. The van der Waals surface area contributed by atoms with Gasteiger partial charge in [0.15, 0.2) is 0 Å². The normalized spacial score (nSPS) is 11.7. The SMILES string of the molecule is O=C(NC(c1ccncc1)c1ccc(F)cc1)c1ccc(=O)[nH]c1. The van der Waals surface area contributed by atoms with Gasteiger partial charge in [0.25, 0.3) is 5.91 Å². The maximum absolute atomic E-state index is 13.2. The number of halogens is 1. The molecule has 0 aliphatic rings. The summed E-state index contributed by atoms with van der Waals surface area (Å²) in [4.78, 5) is 30.0. The predicted molar refractivity (Wildman–Crippen MR) is 87.0 cm³/mol. The fraction of sp³-hybridized carbons (Fsp3) is 0.0556. The molecular weight excluding hydrogens is 309 g/mol. The summed E-state index contributed by atoms with van der Waals surface area (Å²) in [6.07, 6.45) is 4.60. The Morgan fingerprint density at radius 2 is 1.67 bits per heavy atom. The molecule has 0 saturated heterocycles. The summed E-state index contributed by atoms with van der Waals surface area (Å²) >= 11 is 0. The van der Waals surface area contributed by atoms with Crippen molar-refractivity contribution in [2.24, 2.45) is 0 Å². The van der Waals surface area contributed by atoms with E-state index in [4.69, 9.17) is 0 Å². The van der Waals surface area contributed by atoms with Gasteiger partial charge < -0.3 is 10.3 Å². The van der Waals surface area contributed by atoms with Crippen LogP contribution in [0.15, 0.2) is 71.9 Å². The number of benzene rings is 1. The molecule has 6 heteroatoms. The summed E-state index contributed by atoms with van der Waals surface area (Å²) in [5.74, 6) is -0.698.